The zero-order chi connectivity index (χ0) is 15.7. The second-order valence-electron chi connectivity index (χ2n) is 5.22. The molecule has 5 nitrogen and oxygen atoms in total. The van der Waals surface area contributed by atoms with Gasteiger partial charge in [-0.3, -0.25) is 0 Å². The molecule has 0 bridgehead atoms. The van der Waals surface area contributed by atoms with Gasteiger partial charge in [0.05, 0.1) is 16.3 Å². The largest absolute Gasteiger partial charge is 0.309 e. The summed E-state index contributed by atoms with van der Waals surface area (Å²) < 4.78 is 27.3. The first kappa shape index (κ1) is 18.5. The van der Waals surface area contributed by atoms with Crippen LogP contribution in [0.15, 0.2) is 0 Å². The molecule has 0 saturated heterocycles. The van der Waals surface area contributed by atoms with Crippen molar-refractivity contribution < 1.29 is 8.42 Å². The molecule has 1 aromatic heterocycles. The minimum atomic E-state index is -2.88. The molecule has 0 aliphatic rings. The molecule has 0 aliphatic carbocycles. The summed E-state index contributed by atoms with van der Waals surface area (Å²) in [7, 11) is -2.88. The minimum absolute atomic E-state index is 0.179. The van der Waals surface area contributed by atoms with Gasteiger partial charge in [0.2, 0.25) is 0 Å². The predicted octanol–water partition coefficient (Wildman–Crippen LogP) is 2.75. The lowest BCUT2D eigenvalue weighted by atomic mass is 10.1. The fraction of sp³-hybridized carbons (Fsp3) is 0.857. The molecule has 21 heavy (non-hydrogen) atoms. The van der Waals surface area contributed by atoms with Gasteiger partial charge in [0, 0.05) is 11.8 Å². The summed E-state index contributed by atoms with van der Waals surface area (Å²) in [6, 6.07) is 0.179. The highest BCUT2D eigenvalue weighted by Crippen LogP contribution is 2.25. The Labute approximate surface area is 132 Å². The van der Waals surface area contributed by atoms with Crippen molar-refractivity contribution in [3.8, 4) is 0 Å². The topological polar surface area (TPSA) is 72.0 Å². The van der Waals surface area contributed by atoms with Gasteiger partial charge >= 0.3 is 0 Å². The van der Waals surface area contributed by atoms with Crippen molar-refractivity contribution >= 4 is 21.4 Å². The fourth-order valence-electron chi connectivity index (χ4n) is 2.19. The SMILES string of the molecule is CCCNC(CCCS(=O)(=O)CC)c1snnc1CCC. The van der Waals surface area contributed by atoms with Crippen LogP contribution in [0.3, 0.4) is 0 Å². The molecular formula is C14H27N3O2S2. The van der Waals surface area contributed by atoms with Crippen molar-refractivity contribution in [2.45, 2.75) is 58.9 Å². The molecule has 1 N–H and O–H groups in total. The lowest BCUT2D eigenvalue weighted by Crippen LogP contribution is -2.23. The van der Waals surface area contributed by atoms with E-state index in [1.807, 2.05) is 0 Å². The van der Waals surface area contributed by atoms with Crippen LogP contribution in [0, 0.1) is 0 Å². The van der Waals surface area contributed by atoms with E-state index in [2.05, 4.69) is 28.8 Å². The van der Waals surface area contributed by atoms with Gasteiger partial charge in [-0.05, 0) is 43.8 Å². The maximum atomic E-state index is 11.6. The number of nitrogens with one attached hydrogen (secondary N) is 1. The molecule has 1 heterocycles. The van der Waals surface area contributed by atoms with Crippen molar-refractivity contribution in [2.24, 2.45) is 0 Å². The number of hydrogen-bond donors (Lipinski definition) is 1. The zero-order valence-corrected chi connectivity index (χ0v) is 14.9. The summed E-state index contributed by atoms with van der Waals surface area (Å²) in [6.07, 6.45) is 4.53. The van der Waals surface area contributed by atoms with Crippen molar-refractivity contribution in [3.05, 3.63) is 10.6 Å². The molecule has 0 spiro atoms. The van der Waals surface area contributed by atoms with E-state index in [1.165, 1.54) is 16.4 Å². The smallest absolute Gasteiger partial charge is 0.150 e. The van der Waals surface area contributed by atoms with Gasteiger partial charge in [0.1, 0.15) is 9.84 Å². The summed E-state index contributed by atoms with van der Waals surface area (Å²) in [6.45, 7) is 6.89. The normalized spacial score (nSPS) is 13.5. The molecule has 7 heteroatoms. The molecule has 122 valence electrons. The van der Waals surface area contributed by atoms with Crippen molar-refractivity contribution in [1.82, 2.24) is 14.9 Å². The van der Waals surface area contributed by atoms with E-state index >= 15 is 0 Å². The fourth-order valence-corrected chi connectivity index (χ4v) is 3.89. The lowest BCUT2D eigenvalue weighted by molar-refractivity contribution is 0.494. The minimum Gasteiger partial charge on any atom is -0.309 e. The Morgan fingerprint density at radius 1 is 1.24 bits per heavy atom. The first-order valence-electron chi connectivity index (χ1n) is 7.79. The molecule has 0 radical (unpaired) electrons. The molecule has 0 saturated carbocycles. The predicted molar refractivity (Wildman–Crippen MR) is 88.5 cm³/mol. The molecule has 0 fully saturated rings. The Bertz CT molecular complexity index is 500. The van der Waals surface area contributed by atoms with E-state index in [9.17, 15) is 8.42 Å². The number of nitrogens with zero attached hydrogens (tertiary/aromatic N) is 2. The third kappa shape index (κ3) is 6.40. The van der Waals surface area contributed by atoms with Gasteiger partial charge in [0.15, 0.2) is 0 Å². The molecule has 1 aromatic rings. The lowest BCUT2D eigenvalue weighted by Gasteiger charge is -2.17. The summed E-state index contributed by atoms with van der Waals surface area (Å²) in [5.74, 6) is 0.492. The highest BCUT2D eigenvalue weighted by Gasteiger charge is 2.19. The first-order valence-corrected chi connectivity index (χ1v) is 10.4. The van der Waals surface area contributed by atoms with Gasteiger partial charge in [0.25, 0.3) is 0 Å². The monoisotopic (exact) mass is 333 g/mol. The summed E-state index contributed by atoms with van der Waals surface area (Å²) in [5.41, 5.74) is 1.06. The third-order valence-electron chi connectivity index (χ3n) is 3.42. The Kier molecular flexibility index (Phi) is 8.36. The third-order valence-corrected chi connectivity index (χ3v) is 6.09. The van der Waals surface area contributed by atoms with Gasteiger partial charge < -0.3 is 5.32 Å². The van der Waals surface area contributed by atoms with Crippen LogP contribution in [0.5, 0.6) is 0 Å². The molecule has 1 unspecified atom stereocenters. The highest BCUT2D eigenvalue weighted by molar-refractivity contribution is 7.91. The van der Waals surface area contributed by atoms with Gasteiger partial charge in [-0.15, -0.1) is 5.10 Å². The molecule has 0 amide bonds. The van der Waals surface area contributed by atoms with Gasteiger partial charge in [-0.1, -0.05) is 31.7 Å². The molecular weight excluding hydrogens is 306 g/mol. The second kappa shape index (κ2) is 9.48. The van der Waals surface area contributed by atoms with Crippen LogP contribution in [0.4, 0.5) is 0 Å². The highest BCUT2D eigenvalue weighted by atomic mass is 32.2. The van der Waals surface area contributed by atoms with E-state index in [4.69, 9.17) is 0 Å². The van der Waals surface area contributed by atoms with Crippen LogP contribution < -0.4 is 5.32 Å². The molecule has 1 atom stereocenters. The Morgan fingerprint density at radius 3 is 2.62 bits per heavy atom. The van der Waals surface area contributed by atoms with Crippen LogP contribution in [0.2, 0.25) is 0 Å². The number of aryl methyl sites for hydroxylation is 1. The zero-order valence-electron chi connectivity index (χ0n) is 13.3. The number of sulfone groups is 1. The van der Waals surface area contributed by atoms with Crippen molar-refractivity contribution in [1.29, 1.82) is 0 Å². The van der Waals surface area contributed by atoms with E-state index in [0.29, 0.717) is 6.42 Å². The molecule has 0 aromatic carbocycles. The van der Waals surface area contributed by atoms with Crippen LogP contribution >= 0.6 is 11.5 Å². The average Bonchev–Trinajstić information content (AvgIpc) is 2.91. The van der Waals surface area contributed by atoms with E-state index in [1.54, 1.807) is 6.92 Å². The van der Waals surface area contributed by atoms with Crippen molar-refractivity contribution in [2.75, 3.05) is 18.1 Å². The molecule has 0 aliphatic heterocycles. The van der Waals surface area contributed by atoms with E-state index in [0.717, 1.165) is 37.9 Å². The van der Waals surface area contributed by atoms with E-state index in [-0.39, 0.29) is 17.5 Å². The summed E-state index contributed by atoms with van der Waals surface area (Å²) in [4.78, 5) is 1.18. The first-order chi connectivity index (χ1) is 10.0. The Balaban J connectivity index is 2.69. The second-order valence-corrected chi connectivity index (χ2v) is 8.48. The van der Waals surface area contributed by atoms with Crippen LogP contribution in [-0.2, 0) is 16.3 Å². The maximum absolute atomic E-state index is 11.6. The van der Waals surface area contributed by atoms with Crippen LogP contribution in [0.25, 0.3) is 0 Å². The Morgan fingerprint density at radius 2 is 2.00 bits per heavy atom. The number of aromatic nitrogens is 2. The quantitative estimate of drug-likeness (QED) is 0.674. The Hall–Kier alpha value is -0.530. The van der Waals surface area contributed by atoms with E-state index < -0.39 is 9.84 Å². The van der Waals surface area contributed by atoms with Gasteiger partial charge in [-0.25, -0.2) is 8.42 Å². The van der Waals surface area contributed by atoms with Crippen molar-refractivity contribution in [3.63, 3.8) is 0 Å². The van der Waals surface area contributed by atoms with Gasteiger partial charge in [-0.2, -0.15) is 0 Å². The standard InChI is InChI=1S/C14H27N3O2S2/c1-4-8-13-14(20-17-16-13)12(15-10-5-2)9-7-11-21(18,19)6-3/h12,15H,4-11H2,1-3H3. The average molecular weight is 334 g/mol. The summed E-state index contributed by atoms with van der Waals surface area (Å²) in [5, 5.41) is 7.73. The van der Waals surface area contributed by atoms with Crippen LogP contribution in [0.1, 0.15) is 63.1 Å². The van der Waals surface area contributed by atoms with Crippen LogP contribution in [-0.4, -0.2) is 36.1 Å². The number of hydrogen-bond acceptors (Lipinski definition) is 6. The maximum Gasteiger partial charge on any atom is 0.150 e. The number of rotatable bonds is 11. The molecule has 1 rings (SSSR count). The summed E-state index contributed by atoms with van der Waals surface area (Å²) >= 11 is 1.44.